The molecule has 1 unspecified atom stereocenters. The number of hydrogen-bond acceptors (Lipinski definition) is 3. The average molecular weight is 232 g/mol. The number of thioether (sulfide) groups is 1. The Balaban J connectivity index is 3.82. The first-order valence-corrected chi connectivity index (χ1v) is 6.68. The summed E-state index contributed by atoms with van der Waals surface area (Å²) in [5.41, 5.74) is 5.41. The molecular weight excluding hydrogens is 208 g/mol. The highest BCUT2D eigenvalue weighted by atomic mass is 32.2. The summed E-state index contributed by atoms with van der Waals surface area (Å²) < 4.78 is 0.114. The third kappa shape index (κ3) is 6.79. The van der Waals surface area contributed by atoms with Crippen LogP contribution in [0.3, 0.4) is 0 Å². The minimum absolute atomic E-state index is 0.0752. The Bertz CT molecular complexity index is 195. The molecule has 0 radical (unpaired) electrons. The molecule has 0 fully saturated rings. The smallest absolute Gasteiger partial charge is 0.222 e. The van der Waals surface area contributed by atoms with Crippen LogP contribution in [0.1, 0.15) is 33.6 Å². The molecule has 1 atom stereocenters. The van der Waals surface area contributed by atoms with Gasteiger partial charge in [0.2, 0.25) is 5.91 Å². The van der Waals surface area contributed by atoms with Crippen LogP contribution in [-0.4, -0.2) is 30.0 Å². The van der Waals surface area contributed by atoms with Crippen molar-refractivity contribution in [2.75, 3.05) is 19.3 Å². The second-order valence-corrected chi connectivity index (χ2v) is 6.03. The molecule has 0 aromatic carbocycles. The van der Waals surface area contributed by atoms with Crippen LogP contribution in [0.25, 0.3) is 0 Å². The van der Waals surface area contributed by atoms with E-state index in [9.17, 15) is 4.79 Å². The lowest BCUT2D eigenvalue weighted by Crippen LogP contribution is -2.38. The summed E-state index contributed by atoms with van der Waals surface area (Å²) in [4.78, 5) is 11.7. The van der Waals surface area contributed by atoms with E-state index in [2.05, 4.69) is 25.4 Å². The largest absolute Gasteiger partial charge is 0.354 e. The fourth-order valence-electron chi connectivity index (χ4n) is 1.10. The molecule has 0 heterocycles. The normalized spacial score (nSPS) is 13.7. The van der Waals surface area contributed by atoms with Gasteiger partial charge in [0.25, 0.3) is 0 Å². The second kappa shape index (κ2) is 7.12. The Kier molecular flexibility index (Phi) is 7.02. The lowest BCUT2D eigenvalue weighted by atomic mass is 10.0. The maximum atomic E-state index is 11.7. The highest BCUT2D eigenvalue weighted by Crippen LogP contribution is 2.19. The quantitative estimate of drug-likeness (QED) is 0.701. The molecule has 0 aliphatic heterocycles. The van der Waals surface area contributed by atoms with E-state index in [0.29, 0.717) is 6.54 Å². The number of amides is 1. The van der Waals surface area contributed by atoms with Crippen LogP contribution in [0.4, 0.5) is 0 Å². The Labute approximate surface area is 97.6 Å². The van der Waals surface area contributed by atoms with Crippen molar-refractivity contribution < 1.29 is 4.79 Å². The Morgan fingerprint density at radius 2 is 2.13 bits per heavy atom. The van der Waals surface area contributed by atoms with E-state index in [-0.39, 0.29) is 16.6 Å². The van der Waals surface area contributed by atoms with Crippen LogP contribution in [-0.2, 0) is 4.79 Å². The minimum Gasteiger partial charge on any atom is -0.354 e. The Hall–Kier alpha value is -0.220. The lowest BCUT2D eigenvalue weighted by molar-refractivity contribution is -0.124. The number of hydrogen-bond donors (Lipinski definition) is 2. The summed E-state index contributed by atoms with van der Waals surface area (Å²) in [5.74, 6) is 0.219. The van der Waals surface area contributed by atoms with Gasteiger partial charge < -0.3 is 11.1 Å². The van der Waals surface area contributed by atoms with E-state index in [1.807, 2.05) is 6.92 Å². The minimum atomic E-state index is 0.0752. The van der Waals surface area contributed by atoms with Gasteiger partial charge in [-0.15, -0.1) is 0 Å². The summed E-state index contributed by atoms with van der Waals surface area (Å²) >= 11 is 1.76. The maximum absolute atomic E-state index is 11.7. The summed E-state index contributed by atoms with van der Waals surface area (Å²) in [7, 11) is 0. The fourth-order valence-corrected chi connectivity index (χ4v) is 1.32. The van der Waals surface area contributed by atoms with Crippen molar-refractivity contribution in [3.63, 3.8) is 0 Å². The summed E-state index contributed by atoms with van der Waals surface area (Å²) in [6.07, 6.45) is 3.85. The zero-order valence-electron chi connectivity index (χ0n) is 10.3. The van der Waals surface area contributed by atoms with Crippen molar-refractivity contribution in [1.29, 1.82) is 0 Å². The predicted octanol–water partition coefficient (Wildman–Crippen LogP) is 1.62. The van der Waals surface area contributed by atoms with Gasteiger partial charge in [0.15, 0.2) is 0 Å². The van der Waals surface area contributed by atoms with Gasteiger partial charge in [-0.1, -0.05) is 6.92 Å². The standard InChI is InChI=1S/C11H24N2OS/c1-9(6-5-7-12)10(14)13-8-11(2,3)15-4/h9H,5-8,12H2,1-4H3,(H,13,14). The molecule has 0 saturated heterocycles. The summed E-state index contributed by atoms with van der Waals surface area (Å²) in [6.45, 7) is 7.59. The SMILES string of the molecule is CSC(C)(C)CNC(=O)C(C)CCCN. The van der Waals surface area contributed by atoms with Crippen LogP contribution in [0, 0.1) is 5.92 Å². The zero-order valence-corrected chi connectivity index (χ0v) is 11.1. The van der Waals surface area contributed by atoms with Gasteiger partial charge in [-0.05, 0) is 39.5 Å². The van der Waals surface area contributed by atoms with Gasteiger partial charge in [0, 0.05) is 17.2 Å². The first-order chi connectivity index (χ1) is 6.93. The van der Waals surface area contributed by atoms with Crippen molar-refractivity contribution in [3.8, 4) is 0 Å². The van der Waals surface area contributed by atoms with Crippen LogP contribution >= 0.6 is 11.8 Å². The first kappa shape index (κ1) is 14.8. The van der Waals surface area contributed by atoms with Crippen molar-refractivity contribution >= 4 is 17.7 Å². The molecule has 0 aliphatic rings. The van der Waals surface area contributed by atoms with Crippen molar-refractivity contribution in [2.45, 2.75) is 38.4 Å². The van der Waals surface area contributed by atoms with Crippen molar-refractivity contribution in [2.24, 2.45) is 11.7 Å². The van der Waals surface area contributed by atoms with E-state index in [1.165, 1.54) is 0 Å². The third-order valence-corrected chi connectivity index (χ3v) is 3.78. The van der Waals surface area contributed by atoms with Crippen LogP contribution in [0.15, 0.2) is 0 Å². The van der Waals surface area contributed by atoms with E-state index in [0.717, 1.165) is 19.4 Å². The summed E-state index contributed by atoms with van der Waals surface area (Å²) in [5, 5.41) is 2.98. The number of carbonyl (C=O) groups is 1. The third-order valence-electron chi connectivity index (χ3n) is 2.53. The number of nitrogens with two attached hydrogens (primary N) is 1. The molecule has 0 spiro atoms. The molecule has 1 amide bonds. The fraction of sp³-hybridized carbons (Fsp3) is 0.909. The van der Waals surface area contributed by atoms with Crippen molar-refractivity contribution in [1.82, 2.24) is 5.32 Å². The Morgan fingerprint density at radius 1 is 1.53 bits per heavy atom. The van der Waals surface area contributed by atoms with E-state index < -0.39 is 0 Å². The molecule has 3 nitrogen and oxygen atoms in total. The molecular formula is C11H24N2OS. The van der Waals surface area contributed by atoms with E-state index in [4.69, 9.17) is 5.73 Å². The van der Waals surface area contributed by atoms with Gasteiger partial charge in [0.05, 0.1) is 0 Å². The molecule has 0 aromatic heterocycles. The Morgan fingerprint density at radius 3 is 2.60 bits per heavy atom. The van der Waals surface area contributed by atoms with Gasteiger partial charge in [-0.25, -0.2) is 0 Å². The van der Waals surface area contributed by atoms with Crippen LogP contribution in [0.2, 0.25) is 0 Å². The zero-order chi connectivity index (χ0) is 11.9. The number of carbonyl (C=O) groups excluding carboxylic acids is 1. The maximum Gasteiger partial charge on any atom is 0.222 e. The van der Waals surface area contributed by atoms with Crippen molar-refractivity contribution in [3.05, 3.63) is 0 Å². The molecule has 15 heavy (non-hydrogen) atoms. The number of rotatable bonds is 7. The predicted molar refractivity (Wildman–Crippen MR) is 68.1 cm³/mol. The molecule has 0 bridgehead atoms. The topological polar surface area (TPSA) is 55.1 Å². The average Bonchev–Trinajstić information content (AvgIpc) is 2.22. The van der Waals surface area contributed by atoms with E-state index in [1.54, 1.807) is 11.8 Å². The van der Waals surface area contributed by atoms with Gasteiger partial charge in [-0.3, -0.25) is 4.79 Å². The monoisotopic (exact) mass is 232 g/mol. The van der Waals surface area contributed by atoms with Gasteiger partial charge in [0.1, 0.15) is 0 Å². The molecule has 0 aromatic rings. The van der Waals surface area contributed by atoms with Crippen LogP contribution in [0.5, 0.6) is 0 Å². The van der Waals surface area contributed by atoms with Gasteiger partial charge >= 0.3 is 0 Å². The summed E-state index contributed by atoms with van der Waals surface area (Å²) in [6, 6.07) is 0. The molecule has 3 N–H and O–H groups in total. The second-order valence-electron chi connectivity index (χ2n) is 4.51. The molecule has 0 aliphatic carbocycles. The highest BCUT2D eigenvalue weighted by molar-refractivity contribution is 7.99. The van der Waals surface area contributed by atoms with Gasteiger partial charge in [-0.2, -0.15) is 11.8 Å². The van der Waals surface area contributed by atoms with Crippen LogP contribution < -0.4 is 11.1 Å². The molecule has 90 valence electrons. The first-order valence-electron chi connectivity index (χ1n) is 5.46. The van der Waals surface area contributed by atoms with E-state index >= 15 is 0 Å². The molecule has 0 saturated carbocycles. The number of nitrogens with one attached hydrogen (secondary N) is 1. The highest BCUT2D eigenvalue weighted by Gasteiger charge is 2.19. The molecule has 0 rings (SSSR count). The lowest BCUT2D eigenvalue weighted by Gasteiger charge is -2.23. The molecule has 4 heteroatoms.